The molecular formula is C12H17NO3. The van der Waals surface area contributed by atoms with Gasteiger partial charge in [-0.25, -0.2) is 0 Å². The van der Waals surface area contributed by atoms with E-state index in [1.54, 1.807) is 12.1 Å². The summed E-state index contributed by atoms with van der Waals surface area (Å²) in [6.45, 7) is 3.36. The minimum absolute atomic E-state index is 0.271. The molecule has 1 amide bonds. The highest BCUT2D eigenvalue weighted by Gasteiger charge is 2.12. The minimum Gasteiger partial charge on any atom is -0.394 e. The van der Waals surface area contributed by atoms with E-state index < -0.39 is 6.04 Å². The van der Waals surface area contributed by atoms with Gasteiger partial charge in [-0.15, -0.1) is 0 Å². The normalized spacial score (nSPS) is 10.6. The number of hydrogen-bond donors (Lipinski definition) is 3. The number of carbonyl (C=O) groups excluding carboxylic acids is 1. The summed E-state index contributed by atoms with van der Waals surface area (Å²) in [6, 6.07) is 4.78. The topological polar surface area (TPSA) is 69.6 Å². The summed E-state index contributed by atoms with van der Waals surface area (Å²) >= 11 is 0. The van der Waals surface area contributed by atoms with Crippen molar-refractivity contribution >= 4 is 5.91 Å². The molecule has 3 N–H and O–H groups in total. The molecule has 1 aromatic carbocycles. The summed E-state index contributed by atoms with van der Waals surface area (Å²) in [4.78, 5) is 11.7. The third-order valence-electron chi connectivity index (χ3n) is 2.55. The quantitative estimate of drug-likeness (QED) is 0.691. The van der Waals surface area contributed by atoms with E-state index in [1.165, 1.54) is 0 Å². The van der Waals surface area contributed by atoms with Gasteiger partial charge in [0.05, 0.1) is 19.3 Å². The number of nitrogens with one attached hydrogen (secondary N) is 1. The molecule has 0 radical (unpaired) electrons. The Morgan fingerprint density at radius 1 is 1.25 bits per heavy atom. The Hall–Kier alpha value is -1.39. The number of carbonyl (C=O) groups is 1. The summed E-state index contributed by atoms with van der Waals surface area (Å²) in [7, 11) is 0. The summed E-state index contributed by atoms with van der Waals surface area (Å²) in [5.74, 6) is -0.281. The molecule has 1 rings (SSSR count). The average Bonchev–Trinajstić information content (AvgIpc) is 2.29. The van der Waals surface area contributed by atoms with E-state index in [0.29, 0.717) is 5.56 Å². The van der Waals surface area contributed by atoms with Crippen molar-refractivity contribution in [3.05, 3.63) is 34.9 Å². The maximum absolute atomic E-state index is 11.7. The largest absolute Gasteiger partial charge is 0.394 e. The smallest absolute Gasteiger partial charge is 0.251 e. The van der Waals surface area contributed by atoms with Gasteiger partial charge in [0.25, 0.3) is 5.91 Å². The van der Waals surface area contributed by atoms with Crippen LogP contribution >= 0.6 is 0 Å². The summed E-state index contributed by atoms with van der Waals surface area (Å²) in [5, 5.41) is 20.2. The average molecular weight is 223 g/mol. The lowest BCUT2D eigenvalue weighted by Gasteiger charge is -2.13. The van der Waals surface area contributed by atoms with Crippen LogP contribution in [0, 0.1) is 13.8 Å². The molecule has 0 aliphatic rings. The maximum Gasteiger partial charge on any atom is 0.251 e. The third-order valence-corrected chi connectivity index (χ3v) is 2.55. The van der Waals surface area contributed by atoms with Crippen LogP contribution in [0.2, 0.25) is 0 Å². The van der Waals surface area contributed by atoms with Crippen molar-refractivity contribution in [3.63, 3.8) is 0 Å². The SMILES string of the molecule is Cc1ccc(C(=O)NC(CO)CO)cc1C. The summed E-state index contributed by atoms with van der Waals surface area (Å²) < 4.78 is 0. The Bertz CT molecular complexity index is 373. The molecule has 0 saturated carbocycles. The molecule has 88 valence electrons. The van der Waals surface area contributed by atoms with Crippen LogP contribution in [0.1, 0.15) is 21.5 Å². The van der Waals surface area contributed by atoms with E-state index in [2.05, 4.69) is 5.32 Å². The molecule has 0 saturated heterocycles. The fourth-order valence-electron chi connectivity index (χ4n) is 1.30. The zero-order chi connectivity index (χ0) is 12.1. The van der Waals surface area contributed by atoms with Crippen LogP contribution in [-0.4, -0.2) is 35.4 Å². The van der Waals surface area contributed by atoms with Crippen LogP contribution in [0.25, 0.3) is 0 Å². The number of amides is 1. The van der Waals surface area contributed by atoms with Crippen LogP contribution < -0.4 is 5.32 Å². The Morgan fingerprint density at radius 2 is 1.88 bits per heavy atom. The second kappa shape index (κ2) is 5.63. The van der Waals surface area contributed by atoms with E-state index in [1.807, 2.05) is 19.9 Å². The van der Waals surface area contributed by atoms with Crippen LogP contribution in [0.4, 0.5) is 0 Å². The number of aryl methyl sites for hydroxylation is 2. The van der Waals surface area contributed by atoms with Crippen molar-refractivity contribution in [3.8, 4) is 0 Å². The standard InChI is InChI=1S/C12H17NO3/c1-8-3-4-10(5-9(8)2)12(16)13-11(6-14)7-15/h3-5,11,14-15H,6-7H2,1-2H3,(H,13,16). The summed E-state index contributed by atoms with van der Waals surface area (Å²) in [5.41, 5.74) is 2.70. The molecule has 4 heteroatoms. The maximum atomic E-state index is 11.7. The summed E-state index contributed by atoms with van der Waals surface area (Å²) in [6.07, 6.45) is 0. The van der Waals surface area contributed by atoms with E-state index >= 15 is 0 Å². The molecule has 4 nitrogen and oxygen atoms in total. The molecule has 0 aromatic heterocycles. The molecule has 1 aromatic rings. The molecular weight excluding hydrogens is 206 g/mol. The number of aliphatic hydroxyl groups excluding tert-OH is 2. The van der Waals surface area contributed by atoms with Crippen LogP contribution in [0.15, 0.2) is 18.2 Å². The lowest BCUT2D eigenvalue weighted by Crippen LogP contribution is -2.40. The van der Waals surface area contributed by atoms with E-state index in [0.717, 1.165) is 11.1 Å². The Labute approximate surface area is 94.9 Å². The van der Waals surface area contributed by atoms with Crippen LogP contribution in [-0.2, 0) is 0 Å². The van der Waals surface area contributed by atoms with E-state index in [9.17, 15) is 4.79 Å². The van der Waals surface area contributed by atoms with Gasteiger partial charge in [0, 0.05) is 5.56 Å². The number of rotatable bonds is 4. The predicted octanol–water partition coefficient (Wildman–Crippen LogP) is 0.386. The Morgan fingerprint density at radius 3 is 2.38 bits per heavy atom. The van der Waals surface area contributed by atoms with Crippen molar-refractivity contribution < 1.29 is 15.0 Å². The first kappa shape index (κ1) is 12.7. The van der Waals surface area contributed by atoms with Gasteiger partial charge in [0.1, 0.15) is 0 Å². The van der Waals surface area contributed by atoms with Crippen molar-refractivity contribution in [2.75, 3.05) is 13.2 Å². The molecule has 0 atom stereocenters. The van der Waals surface area contributed by atoms with Gasteiger partial charge in [-0.05, 0) is 37.1 Å². The fourth-order valence-corrected chi connectivity index (χ4v) is 1.30. The second-order valence-electron chi connectivity index (χ2n) is 3.83. The van der Waals surface area contributed by atoms with Crippen molar-refractivity contribution in [1.82, 2.24) is 5.32 Å². The van der Waals surface area contributed by atoms with Crippen LogP contribution in [0.3, 0.4) is 0 Å². The van der Waals surface area contributed by atoms with Gasteiger partial charge in [-0.2, -0.15) is 0 Å². The van der Waals surface area contributed by atoms with Crippen molar-refractivity contribution in [1.29, 1.82) is 0 Å². The molecule has 16 heavy (non-hydrogen) atoms. The van der Waals surface area contributed by atoms with Gasteiger partial charge in [-0.3, -0.25) is 4.79 Å². The van der Waals surface area contributed by atoms with Crippen LogP contribution in [0.5, 0.6) is 0 Å². The predicted molar refractivity (Wildman–Crippen MR) is 61.3 cm³/mol. The Kier molecular flexibility index (Phi) is 4.46. The van der Waals surface area contributed by atoms with Gasteiger partial charge < -0.3 is 15.5 Å². The molecule has 0 aliphatic heterocycles. The first-order chi connectivity index (χ1) is 7.58. The molecule has 0 fully saturated rings. The van der Waals surface area contributed by atoms with E-state index in [-0.39, 0.29) is 19.1 Å². The first-order valence-corrected chi connectivity index (χ1v) is 5.18. The van der Waals surface area contributed by atoms with Gasteiger partial charge in [-0.1, -0.05) is 6.07 Å². The van der Waals surface area contributed by atoms with Gasteiger partial charge >= 0.3 is 0 Å². The molecule has 0 bridgehead atoms. The molecule has 0 heterocycles. The molecule has 0 unspecified atom stereocenters. The molecule has 0 spiro atoms. The highest BCUT2D eigenvalue weighted by molar-refractivity contribution is 5.94. The number of aliphatic hydroxyl groups is 2. The van der Waals surface area contributed by atoms with Crippen molar-refractivity contribution in [2.45, 2.75) is 19.9 Å². The molecule has 0 aliphatic carbocycles. The fraction of sp³-hybridized carbons (Fsp3) is 0.417. The first-order valence-electron chi connectivity index (χ1n) is 5.18. The van der Waals surface area contributed by atoms with Gasteiger partial charge in [0.15, 0.2) is 0 Å². The minimum atomic E-state index is -0.603. The zero-order valence-corrected chi connectivity index (χ0v) is 9.53. The second-order valence-corrected chi connectivity index (χ2v) is 3.83. The highest BCUT2D eigenvalue weighted by Crippen LogP contribution is 2.09. The third kappa shape index (κ3) is 3.05. The van der Waals surface area contributed by atoms with Gasteiger partial charge in [0.2, 0.25) is 0 Å². The Balaban J connectivity index is 2.76. The lowest BCUT2D eigenvalue weighted by molar-refractivity contribution is 0.0879. The monoisotopic (exact) mass is 223 g/mol. The van der Waals surface area contributed by atoms with Crippen molar-refractivity contribution in [2.24, 2.45) is 0 Å². The zero-order valence-electron chi connectivity index (χ0n) is 9.53. The number of hydrogen-bond acceptors (Lipinski definition) is 3. The number of benzene rings is 1. The highest BCUT2D eigenvalue weighted by atomic mass is 16.3. The lowest BCUT2D eigenvalue weighted by atomic mass is 10.1. The van der Waals surface area contributed by atoms with E-state index in [4.69, 9.17) is 10.2 Å².